The molecule has 166 valence electrons. The van der Waals surface area contributed by atoms with Crippen molar-refractivity contribution in [1.82, 2.24) is 15.1 Å². The summed E-state index contributed by atoms with van der Waals surface area (Å²) in [5, 5.41) is 2.64. The van der Waals surface area contributed by atoms with E-state index >= 15 is 0 Å². The Morgan fingerprint density at radius 1 is 1.23 bits per heavy atom. The lowest BCUT2D eigenvalue weighted by atomic mass is 9.83. The standard InChI is InChI=1S/C21H28F3N3O3/c1-2-30-19(29)25-17-9-6-11-27(14-17)18(28)20(21(22,23)24)10-12-26(15-20)13-16-7-4-3-5-8-16/h3-5,7-8,17H,2,6,9-15H2,1H3,(H,25,29). The van der Waals surface area contributed by atoms with Gasteiger partial charge in [0.25, 0.3) is 0 Å². The molecule has 2 amide bonds. The molecule has 0 bridgehead atoms. The molecule has 0 aromatic heterocycles. The second-order valence-corrected chi connectivity index (χ2v) is 7.98. The minimum atomic E-state index is -4.64. The number of carbonyl (C=O) groups is 2. The summed E-state index contributed by atoms with van der Waals surface area (Å²) < 4.78 is 47.4. The molecular weight excluding hydrogens is 399 g/mol. The van der Waals surface area contributed by atoms with Gasteiger partial charge in [0.1, 0.15) is 0 Å². The molecule has 2 aliphatic heterocycles. The molecule has 2 atom stereocenters. The van der Waals surface area contributed by atoms with Crippen molar-refractivity contribution < 1.29 is 27.5 Å². The third kappa shape index (κ3) is 4.88. The van der Waals surface area contributed by atoms with Gasteiger partial charge in [-0.05, 0) is 38.3 Å². The number of ether oxygens (including phenoxy) is 1. The average Bonchev–Trinajstić information content (AvgIpc) is 3.14. The van der Waals surface area contributed by atoms with E-state index in [1.807, 2.05) is 30.3 Å². The highest BCUT2D eigenvalue weighted by atomic mass is 19.4. The number of benzene rings is 1. The number of nitrogens with one attached hydrogen (secondary N) is 1. The Labute approximate surface area is 174 Å². The molecule has 2 fully saturated rings. The molecule has 2 unspecified atom stereocenters. The van der Waals surface area contributed by atoms with Crippen molar-refractivity contribution in [2.75, 3.05) is 32.8 Å². The summed E-state index contributed by atoms with van der Waals surface area (Å²) in [6, 6.07) is 8.87. The normalized spacial score (nSPS) is 25.2. The van der Waals surface area contributed by atoms with E-state index in [1.54, 1.807) is 11.8 Å². The van der Waals surface area contributed by atoms with Gasteiger partial charge in [-0.15, -0.1) is 0 Å². The Bertz CT molecular complexity index is 744. The van der Waals surface area contributed by atoms with E-state index < -0.39 is 29.6 Å². The number of alkyl halides is 3. The predicted molar refractivity (Wildman–Crippen MR) is 105 cm³/mol. The van der Waals surface area contributed by atoms with E-state index in [9.17, 15) is 22.8 Å². The zero-order valence-corrected chi connectivity index (χ0v) is 17.1. The fourth-order valence-corrected chi connectivity index (χ4v) is 4.31. The van der Waals surface area contributed by atoms with Crippen LogP contribution in [0.1, 0.15) is 31.7 Å². The van der Waals surface area contributed by atoms with Crippen LogP contribution in [-0.4, -0.2) is 66.8 Å². The Morgan fingerprint density at radius 3 is 2.63 bits per heavy atom. The van der Waals surface area contributed by atoms with E-state index in [0.717, 1.165) is 5.56 Å². The third-order valence-corrected chi connectivity index (χ3v) is 5.86. The fraction of sp³-hybridized carbons (Fsp3) is 0.619. The minimum Gasteiger partial charge on any atom is -0.450 e. The van der Waals surface area contributed by atoms with Crippen LogP contribution in [0.3, 0.4) is 0 Å². The number of hydrogen-bond donors (Lipinski definition) is 1. The van der Waals surface area contributed by atoms with Crippen molar-refractivity contribution in [3.8, 4) is 0 Å². The lowest BCUT2D eigenvalue weighted by Gasteiger charge is -2.39. The lowest BCUT2D eigenvalue weighted by molar-refractivity contribution is -0.224. The largest absolute Gasteiger partial charge is 0.450 e. The van der Waals surface area contributed by atoms with Crippen LogP contribution >= 0.6 is 0 Å². The highest BCUT2D eigenvalue weighted by Crippen LogP contribution is 2.47. The zero-order valence-electron chi connectivity index (χ0n) is 17.1. The molecule has 2 aliphatic rings. The molecule has 2 saturated heterocycles. The molecule has 0 saturated carbocycles. The highest BCUT2D eigenvalue weighted by Gasteiger charge is 2.64. The predicted octanol–water partition coefficient (Wildman–Crippen LogP) is 3.18. The average molecular weight is 427 g/mol. The second kappa shape index (κ2) is 9.24. The molecule has 3 rings (SSSR count). The molecule has 2 heterocycles. The maximum atomic E-state index is 14.2. The van der Waals surface area contributed by atoms with Crippen molar-refractivity contribution in [2.45, 2.75) is 44.9 Å². The molecule has 1 aromatic carbocycles. The topological polar surface area (TPSA) is 61.9 Å². The van der Waals surface area contributed by atoms with E-state index in [-0.39, 0.29) is 39.2 Å². The smallest absolute Gasteiger partial charge is 0.407 e. The monoisotopic (exact) mass is 427 g/mol. The second-order valence-electron chi connectivity index (χ2n) is 7.98. The first-order valence-corrected chi connectivity index (χ1v) is 10.3. The molecule has 9 heteroatoms. The van der Waals surface area contributed by atoms with Crippen LogP contribution in [-0.2, 0) is 16.1 Å². The van der Waals surface area contributed by atoms with E-state index in [1.165, 1.54) is 4.90 Å². The first-order chi connectivity index (χ1) is 14.2. The maximum absolute atomic E-state index is 14.2. The van der Waals surface area contributed by atoms with Gasteiger partial charge in [0.15, 0.2) is 5.41 Å². The summed E-state index contributed by atoms with van der Waals surface area (Å²) >= 11 is 0. The number of nitrogens with zero attached hydrogens (tertiary/aromatic N) is 2. The highest BCUT2D eigenvalue weighted by molar-refractivity contribution is 5.84. The van der Waals surface area contributed by atoms with Gasteiger partial charge in [0.2, 0.25) is 5.91 Å². The van der Waals surface area contributed by atoms with Crippen LogP contribution in [0.4, 0.5) is 18.0 Å². The summed E-state index contributed by atoms with van der Waals surface area (Å²) in [6.45, 7) is 2.43. The fourth-order valence-electron chi connectivity index (χ4n) is 4.31. The number of halogens is 3. The summed E-state index contributed by atoms with van der Waals surface area (Å²) in [5.74, 6) is -0.888. The molecule has 30 heavy (non-hydrogen) atoms. The summed E-state index contributed by atoms with van der Waals surface area (Å²) in [7, 11) is 0. The number of hydrogen-bond acceptors (Lipinski definition) is 4. The number of rotatable bonds is 5. The molecule has 1 aromatic rings. The summed E-state index contributed by atoms with van der Waals surface area (Å²) in [5.41, 5.74) is -1.49. The maximum Gasteiger partial charge on any atom is 0.407 e. The number of amides is 2. The summed E-state index contributed by atoms with van der Waals surface area (Å²) in [4.78, 5) is 27.8. The molecule has 6 nitrogen and oxygen atoms in total. The molecule has 0 radical (unpaired) electrons. The Hall–Kier alpha value is -2.29. The molecule has 1 N–H and O–H groups in total. The van der Waals surface area contributed by atoms with Gasteiger partial charge in [0.05, 0.1) is 6.61 Å². The minimum absolute atomic E-state index is 0.0637. The van der Waals surface area contributed by atoms with Gasteiger partial charge in [0, 0.05) is 32.2 Å². The van der Waals surface area contributed by atoms with Gasteiger partial charge in [-0.25, -0.2) is 4.79 Å². The number of likely N-dealkylation sites (tertiary alicyclic amines) is 2. The van der Waals surface area contributed by atoms with Gasteiger partial charge in [-0.1, -0.05) is 30.3 Å². The Kier molecular flexibility index (Phi) is 6.90. The van der Waals surface area contributed by atoms with Crippen molar-refractivity contribution >= 4 is 12.0 Å². The van der Waals surface area contributed by atoms with Crippen molar-refractivity contribution in [1.29, 1.82) is 0 Å². The number of carbonyl (C=O) groups excluding carboxylic acids is 2. The van der Waals surface area contributed by atoms with E-state index in [2.05, 4.69) is 5.32 Å². The van der Waals surface area contributed by atoms with Crippen LogP contribution in [0.15, 0.2) is 30.3 Å². The first kappa shape index (κ1) is 22.4. The number of alkyl carbamates (subject to hydrolysis) is 1. The summed E-state index contributed by atoms with van der Waals surface area (Å²) in [6.07, 6.45) is -4.38. The van der Waals surface area contributed by atoms with Gasteiger partial charge in [-0.3, -0.25) is 9.69 Å². The van der Waals surface area contributed by atoms with Crippen LogP contribution < -0.4 is 5.32 Å². The van der Waals surface area contributed by atoms with Gasteiger partial charge in [-0.2, -0.15) is 13.2 Å². The lowest BCUT2D eigenvalue weighted by Crippen LogP contribution is -2.58. The van der Waals surface area contributed by atoms with E-state index in [4.69, 9.17) is 4.74 Å². The van der Waals surface area contributed by atoms with Crippen molar-refractivity contribution in [3.63, 3.8) is 0 Å². The van der Waals surface area contributed by atoms with Gasteiger partial charge < -0.3 is 15.0 Å². The Morgan fingerprint density at radius 2 is 1.97 bits per heavy atom. The molecular formula is C21H28F3N3O3. The Balaban J connectivity index is 1.71. The quantitative estimate of drug-likeness (QED) is 0.784. The third-order valence-electron chi connectivity index (χ3n) is 5.86. The SMILES string of the molecule is CCOC(=O)NC1CCCN(C(=O)C2(C(F)(F)F)CCN(Cc3ccccc3)C2)C1. The van der Waals surface area contributed by atoms with Crippen LogP contribution in [0.2, 0.25) is 0 Å². The van der Waals surface area contributed by atoms with Gasteiger partial charge >= 0.3 is 12.3 Å². The first-order valence-electron chi connectivity index (χ1n) is 10.3. The van der Waals surface area contributed by atoms with Crippen LogP contribution in [0.25, 0.3) is 0 Å². The molecule has 0 aliphatic carbocycles. The molecule has 0 spiro atoms. The van der Waals surface area contributed by atoms with Crippen molar-refractivity contribution in [3.05, 3.63) is 35.9 Å². The number of piperidine rings is 1. The zero-order chi connectivity index (χ0) is 21.8. The van der Waals surface area contributed by atoms with E-state index in [0.29, 0.717) is 19.4 Å². The van der Waals surface area contributed by atoms with Crippen LogP contribution in [0.5, 0.6) is 0 Å². The van der Waals surface area contributed by atoms with Crippen LogP contribution in [0, 0.1) is 5.41 Å². The van der Waals surface area contributed by atoms with Crippen molar-refractivity contribution in [2.24, 2.45) is 5.41 Å².